The van der Waals surface area contributed by atoms with E-state index in [4.69, 9.17) is 20.8 Å². The van der Waals surface area contributed by atoms with Gasteiger partial charge in [0.2, 0.25) is 0 Å². The average molecular weight is 438 g/mol. The Labute approximate surface area is 182 Å². The molecule has 3 rings (SSSR count). The minimum absolute atomic E-state index is 0.142. The number of hydrogen-bond acceptors (Lipinski definition) is 6. The fourth-order valence-electron chi connectivity index (χ4n) is 2.72. The van der Waals surface area contributed by atoms with Gasteiger partial charge in [0.15, 0.2) is 0 Å². The molecular formula is C22H16ClN3O5. The van der Waals surface area contributed by atoms with Crippen molar-refractivity contribution in [1.29, 1.82) is 5.26 Å². The highest BCUT2D eigenvalue weighted by atomic mass is 35.5. The fraction of sp³-hybridized carbons (Fsp3) is 0.0909. The molecular weight excluding hydrogens is 422 g/mol. The molecule has 1 N–H and O–H groups in total. The first-order valence-corrected chi connectivity index (χ1v) is 9.50. The summed E-state index contributed by atoms with van der Waals surface area (Å²) in [7, 11) is 0. The number of hydrogen-bond donors (Lipinski definition) is 1. The number of non-ortho nitro benzene ring substituents is 1. The Hall–Kier alpha value is -4.09. The summed E-state index contributed by atoms with van der Waals surface area (Å²) in [5.41, 5.74) is 0.562. The van der Waals surface area contributed by atoms with E-state index in [9.17, 15) is 20.2 Å². The Kier molecular flexibility index (Phi) is 6.70. The first kappa shape index (κ1) is 21.6. The molecule has 31 heavy (non-hydrogen) atoms. The maximum atomic E-state index is 12.6. The minimum Gasteiger partial charge on any atom is -0.492 e. The summed E-state index contributed by atoms with van der Waals surface area (Å²) in [4.78, 5) is 22.9. The van der Waals surface area contributed by atoms with Crippen LogP contribution >= 0.6 is 11.6 Å². The number of halogens is 1. The van der Waals surface area contributed by atoms with E-state index < -0.39 is 10.8 Å². The van der Waals surface area contributed by atoms with E-state index in [0.717, 1.165) is 0 Å². The summed E-state index contributed by atoms with van der Waals surface area (Å²) < 4.78 is 11.1. The van der Waals surface area contributed by atoms with Gasteiger partial charge in [0.25, 0.3) is 11.6 Å². The number of anilines is 1. The van der Waals surface area contributed by atoms with Gasteiger partial charge >= 0.3 is 0 Å². The van der Waals surface area contributed by atoms with Crippen molar-refractivity contribution in [3.8, 4) is 23.1 Å². The van der Waals surface area contributed by atoms with E-state index in [0.29, 0.717) is 29.4 Å². The SMILES string of the molecule is CCOc1ccccc1NC(=O)/C(C#N)=C/c1ccc(-c2ccc([N+](=O)[O-])cc2Cl)o1. The van der Waals surface area contributed by atoms with Crippen LogP contribution in [0.15, 0.2) is 64.6 Å². The Morgan fingerprint density at radius 2 is 2.06 bits per heavy atom. The second-order valence-corrected chi connectivity index (χ2v) is 6.58. The molecule has 8 nitrogen and oxygen atoms in total. The predicted molar refractivity (Wildman–Crippen MR) is 116 cm³/mol. The second kappa shape index (κ2) is 9.61. The highest BCUT2D eigenvalue weighted by Gasteiger charge is 2.16. The molecule has 0 fully saturated rings. The monoisotopic (exact) mass is 437 g/mol. The molecule has 0 unspecified atom stereocenters. The van der Waals surface area contributed by atoms with Gasteiger partial charge in [-0.2, -0.15) is 5.26 Å². The van der Waals surface area contributed by atoms with Gasteiger partial charge in [-0.15, -0.1) is 0 Å². The van der Waals surface area contributed by atoms with Crippen LogP contribution in [0.25, 0.3) is 17.4 Å². The smallest absolute Gasteiger partial charge is 0.270 e. The van der Waals surface area contributed by atoms with Crippen LogP contribution in [-0.4, -0.2) is 17.4 Å². The third kappa shape index (κ3) is 5.10. The van der Waals surface area contributed by atoms with Gasteiger partial charge in [0.1, 0.15) is 28.9 Å². The van der Waals surface area contributed by atoms with Crippen LogP contribution in [0, 0.1) is 21.4 Å². The largest absolute Gasteiger partial charge is 0.492 e. The van der Waals surface area contributed by atoms with E-state index in [1.807, 2.05) is 13.0 Å². The molecule has 0 aliphatic heterocycles. The number of benzene rings is 2. The number of amides is 1. The summed E-state index contributed by atoms with van der Waals surface area (Å²) in [5, 5.41) is 23.1. The molecule has 1 aromatic heterocycles. The number of carbonyl (C=O) groups is 1. The fourth-order valence-corrected chi connectivity index (χ4v) is 2.99. The van der Waals surface area contributed by atoms with Gasteiger partial charge in [0, 0.05) is 23.8 Å². The zero-order chi connectivity index (χ0) is 22.4. The lowest BCUT2D eigenvalue weighted by molar-refractivity contribution is -0.384. The van der Waals surface area contributed by atoms with Gasteiger partial charge in [0.05, 0.1) is 22.2 Å². The molecule has 0 saturated heterocycles. The van der Waals surface area contributed by atoms with Gasteiger partial charge < -0.3 is 14.5 Å². The van der Waals surface area contributed by atoms with Crippen LogP contribution in [0.2, 0.25) is 5.02 Å². The molecule has 0 spiro atoms. The summed E-state index contributed by atoms with van der Waals surface area (Å²) in [5.74, 6) is 0.449. The molecule has 156 valence electrons. The Morgan fingerprint density at radius 3 is 2.74 bits per heavy atom. The van der Waals surface area contributed by atoms with Crippen molar-refractivity contribution in [3.63, 3.8) is 0 Å². The third-order valence-electron chi connectivity index (χ3n) is 4.14. The van der Waals surface area contributed by atoms with Crippen LogP contribution in [-0.2, 0) is 4.79 Å². The van der Waals surface area contributed by atoms with Gasteiger partial charge in [-0.1, -0.05) is 23.7 Å². The molecule has 0 atom stereocenters. The zero-order valence-corrected chi connectivity index (χ0v) is 17.1. The van der Waals surface area contributed by atoms with Crippen LogP contribution < -0.4 is 10.1 Å². The lowest BCUT2D eigenvalue weighted by Crippen LogP contribution is -2.14. The number of carbonyl (C=O) groups excluding carboxylic acids is 1. The summed E-state index contributed by atoms with van der Waals surface area (Å²) >= 11 is 6.12. The summed E-state index contributed by atoms with van der Waals surface area (Å²) in [6.45, 7) is 2.25. The van der Waals surface area contributed by atoms with Crippen molar-refractivity contribution < 1.29 is 18.9 Å². The highest BCUT2D eigenvalue weighted by molar-refractivity contribution is 6.33. The van der Waals surface area contributed by atoms with Crippen LogP contribution in [0.5, 0.6) is 5.75 Å². The number of ether oxygens (including phenoxy) is 1. The number of nitrogens with one attached hydrogen (secondary N) is 1. The van der Waals surface area contributed by atoms with Crippen molar-refractivity contribution in [2.45, 2.75) is 6.92 Å². The first-order valence-electron chi connectivity index (χ1n) is 9.12. The van der Waals surface area contributed by atoms with Crippen molar-refractivity contribution >= 4 is 35.0 Å². The Morgan fingerprint density at radius 1 is 1.29 bits per heavy atom. The molecule has 2 aromatic carbocycles. The summed E-state index contributed by atoms with van der Waals surface area (Å²) in [6, 6.07) is 15.9. The second-order valence-electron chi connectivity index (χ2n) is 6.18. The van der Waals surface area contributed by atoms with E-state index in [-0.39, 0.29) is 22.0 Å². The minimum atomic E-state index is -0.624. The molecule has 0 aliphatic carbocycles. The maximum absolute atomic E-state index is 12.6. The third-order valence-corrected chi connectivity index (χ3v) is 4.46. The van der Waals surface area contributed by atoms with Crippen LogP contribution in [0.1, 0.15) is 12.7 Å². The molecule has 0 bridgehead atoms. The highest BCUT2D eigenvalue weighted by Crippen LogP contribution is 2.33. The maximum Gasteiger partial charge on any atom is 0.270 e. The molecule has 9 heteroatoms. The lowest BCUT2D eigenvalue weighted by atomic mass is 10.1. The lowest BCUT2D eigenvalue weighted by Gasteiger charge is -2.10. The topological polar surface area (TPSA) is 118 Å². The number of nitriles is 1. The molecule has 3 aromatic rings. The molecule has 0 aliphatic rings. The van der Waals surface area contributed by atoms with Gasteiger partial charge in [-0.05, 0) is 37.3 Å². The number of nitrogens with zero attached hydrogens (tertiary/aromatic N) is 2. The standard InChI is InChI=1S/C22H16ClN3O5/c1-2-30-21-6-4-3-5-19(21)25-22(27)14(13-24)11-16-8-10-20(31-16)17-9-7-15(26(28)29)12-18(17)23/h3-12H,2H2,1H3,(H,25,27)/b14-11+. The quantitative estimate of drug-likeness (QED) is 0.227. The van der Waals surface area contributed by atoms with E-state index >= 15 is 0 Å². The van der Waals surface area contributed by atoms with Crippen molar-refractivity contribution in [3.05, 3.63) is 81.1 Å². The van der Waals surface area contributed by atoms with Gasteiger partial charge in [-0.3, -0.25) is 14.9 Å². The molecule has 0 radical (unpaired) electrons. The normalized spacial score (nSPS) is 10.9. The average Bonchev–Trinajstić information content (AvgIpc) is 3.21. The van der Waals surface area contributed by atoms with Crippen LogP contribution in [0.4, 0.5) is 11.4 Å². The van der Waals surface area contributed by atoms with Crippen molar-refractivity contribution in [2.75, 3.05) is 11.9 Å². The molecule has 1 amide bonds. The van der Waals surface area contributed by atoms with E-state index in [1.165, 1.54) is 24.3 Å². The van der Waals surface area contributed by atoms with Gasteiger partial charge in [-0.25, -0.2) is 0 Å². The van der Waals surface area contributed by atoms with Crippen LogP contribution in [0.3, 0.4) is 0 Å². The first-order chi connectivity index (χ1) is 14.9. The number of para-hydroxylation sites is 2. The number of nitro benzene ring substituents is 1. The number of nitro groups is 1. The predicted octanol–water partition coefficient (Wildman–Crippen LogP) is 5.45. The zero-order valence-electron chi connectivity index (χ0n) is 16.3. The van der Waals surface area contributed by atoms with Crippen molar-refractivity contribution in [2.24, 2.45) is 0 Å². The summed E-state index contributed by atoms with van der Waals surface area (Å²) in [6.07, 6.45) is 1.29. The Balaban J connectivity index is 1.83. The number of furan rings is 1. The van der Waals surface area contributed by atoms with E-state index in [2.05, 4.69) is 5.32 Å². The number of rotatable bonds is 7. The van der Waals surface area contributed by atoms with Crippen molar-refractivity contribution in [1.82, 2.24) is 0 Å². The molecule has 0 saturated carbocycles. The Bertz CT molecular complexity index is 1210. The van der Waals surface area contributed by atoms with E-state index in [1.54, 1.807) is 36.4 Å². The molecule has 1 heterocycles.